The van der Waals surface area contributed by atoms with Gasteiger partial charge in [-0.15, -0.1) is 0 Å². The van der Waals surface area contributed by atoms with Gasteiger partial charge in [-0.3, -0.25) is 9.69 Å². The van der Waals surface area contributed by atoms with E-state index in [2.05, 4.69) is 24.8 Å². The van der Waals surface area contributed by atoms with Crippen LogP contribution in [0.15, 0.2) is 28.9 Å². The molecule has 0 saturated heterocycles. The van der Waals surface area contributed by atoms with Crippen molar-refractivity contribution in [3.63, 3.8) is 0 Å². The van der Waals surface area contributed by atoms with Crippen molar-refractivity contribution < 1.29 is 9.21 Å². The number of carbonyl (C=O) groups is 1. The third kappa shape index (κ3) is 5.71. The lowest BCUT2D eigenvalue weighted by Crippen LogP contribution is -2.31. The van der Waals surface area contributed by atoms with Gasteiger partial charge in [-0.2, -0.15) is 11.8 Å². The third-order valence-electron chi connectivity index (χ3n) is 3.61. The molecule has 2 heterocycles. The van der Waals surface area contributed by atoms with Crippen LogP contribution in [0.25, 0.3) is 5.57 Å². The maximum Gasteiger partial charge on any atom is 0.135 e. The highest BCUT2D eigenvalue weighted by Crippen LogP contribution is 2.21. The summed E-state index contributed by atoms with van der Waals surface area (Å²) in [5.41, 5.74) is 1.24. The summed E-state index contributed by atoms with van der Waals surface area (Å²) in [5, 5.41) is 0.612. The van der Waals surface area contributed by atoms with Gasteiger partial charge >= 0.3 is 0 Å². The number of nitrogens with zero attached hydrogens (tertiary/aromatic N) is 1. The molecular weight excluding hydrogens is 282 g/mol. The Morgan fingerprint density at radius 3 is 3.00 bits per heavy atom. The van der Waals surface area contributed by atoms with Gasteiger partial charge in [-0.25, -0.2) is 0 Å². The standard InChI is InChI=1S/C17H25NO2S/c1-14(2)21-12-8-16(19)7-10-18-9-3-5-15(13-18)17-6-4-11-20-17/h4-6,11,14H,3,7-10,12-13H2,1-2H3. The number of rotatable bonds is 8. The molecule has 1 aliphatic heterocycles. The first-order valence-electron chi connectivity index (χ1n) is 7.73. The maximum atomic E-state index is 11.9. The fourth-order valence-electron chi connectivity index (χ4n) is 2.45. The Morgan fingerprint density at radius 1 is 1.43 bits per heavy atom. The predicted molar refractivity (Wildman–Crippen MR) is 89.6 cm³/mol. The first-order valence-corrected chi connectivity index (χ1v) is 8.78. The number of hydrogen-bond acceptors (Lipinski definition) is 4. The predicted octanol–water partition coefficient (Wildman–Crippen LogP) is 3.86. The highest BCUT2D eigenvalue weighted by Gasteiger charge is 2.16. The van der Waals surface area contributed by atoms with Crippen LogP contribution in [0.4, 0.5) is 0 Å². The SMILES string of the molecule is CC(C)SCCC(=O)CCN1CCC=C(c2ccco2)C1. The van der Waals surface area contributed by atoms with E-state index in [1.54, 1.807) is 6.26 Å². The molecule has 0 fully saturated rings. The normalized spacial score (nSPS) is 16.2. The fourth-order valence-corrected chi connectivity index (χ4v) is 3.27. The largest absolute Gasteiger partial charge is 0.465 e. The first-order chi connectivity index (χ1) is 10.1. The maximum absolute atomic E-state index is 11.9. The van der Waals surface area contributed by atoms with Crippen molar-refractivity contribution in [3.05, 3.63) is 30.2 Å². The van der Waals surface area contributed by atoms with E-state index in [1.165, 1.54) is 5.57 Å². The van der Waals surface area contributed by atoms with Crippen molar-refractivity contribution in [2.24, 2.45) is 0 Å². The molecule has 0 bridgehead atoms. The average Bonchev–Trinajstić information content (AvgIpc) is 2.99. The Labute approximate surface area is 131 Å². The Hall–Kier alpha value is -1.00. The minimum atomic E-state index is 0.386. The van der Waals surface area contributed by atoms with Gasteiger partial charge in [0.1, 0.15) is 11.5 Å². The second-order valence-corrected chi connectivity index (χ2v) is 7.41. The summed E-state index contributed by atoms with van der Waals surface area (Å²) in [4.78, 5) is 14.3. The summed E-state index contributed by atoms with van der Waals surface area (Å²) in [6.45, 7) is 7.14. The molecule has 4 heteroatoms. The summed E-state index contributed by atoms with van der Waals surface area (Å²) in [6, 6.07) is 3.93. The van der Waals surface area contributed by atoms with Crippen LogP contribution in [0, 0.1) is 0 Å². The molecule has 21 heavy (non-hydrogen) atoms. The third-order valence-corrected chi connectivity index (χ3v) is 4.71. The zero-order valence-electron chi connectivity index (χ0n) is 13.0. The molecule has 0 amide bonds. The van der Waals surface area contributed by atoms with Gasteiger partial charge in [-0.1, -0.05) is 19.9 Å². The first kappa shape index (κ1) is 16.4. The van der Waals surface area contributed by atoms with Crippen LogP contribution in [-0.4, -0.2) is 41.3 Å². The molecule has 2 rings (SSSR count). The van der Waals surface area contributed by atoms with Gasteiger partial charge in [0, 0.05) is 43.8 Å². The van der Waals surface area contributed by atoms with Crippen LogP contribution in [0.3, 0.4) is 0 Å². The lowest BCUT2D eigenvalue weighted by atomic mass is 10.1. The monoisotopic (exact) mass is 307 g/mol. The molecule has 0 unspecified atom stereocenters. The molecule has 1 aromatic heterocycles. The molecule has 0 atom stereocenters. The molecule has 0 saturated carbocycles. The zero-order chi connectivity index (χ0) is 15.1. The Bertz CT molecular complexity index is 465. The van der Waals surface area contributed by atoms with Crippen LogP contribution in [0.2, 0.25) is 0 Å². The lowest BCUT2D eigenvalue weighted by Gasteiger charge is -2.26. The van der Waals surface area contributed by atoms with E-state index >= 15 is 0 Å². The average molecular weight is 307 g/mol. The van der Waals surface area contributed by atoms with Crippen molar-refractivity contribution in [1.29, 1.82) is 0 Å². The van der Waals surface area contributed by atoms with E-state index in [0.29, 0.717) is 23.9 Å². The summed E-state index contributed by atoms with van der Waals surface area (Å²) in [5.74, 6) is 2.30. The fraction of sp³-hybridized carbons (Fsp3) is 0.588. The van der Waals surface area contributed by atoms with Crippen molar-refractivity contribution in [1.82, 2.24) is 4.90 Å². The van der Waals surface area contributed by atoms with Crippen molar-refractivity contribution in [2.75, 3.05) is 25.4 Å². The molecule has 1 aliphatic rings. The number of furan rings is 1. The van der Waals surface area contributed by atoms with Gasteiger partial charge in [0.15, 0.2) is 0 Å². The number of thioether (sulfide) groups is 1. The Kier molecular flexibility index (Phi) is 6.58. The summed E-state index contributed by atoms with van der Waals surface area (Å²) in [7, 11) is 0. The Balaban J connectivity index is 1.70. The summed E-state index contributed by atoms with van der Waals surface area (Å²) in [6.07, 6.45) is 6.37. The van der Waals surface area contributed by atoms with E-state index in [9.17, 15) is 4.79 Å². The minimum absolute atomic E-state index is 0.386. The molecular formula is C17H25NO2S. The van der Waals surface area contributed by atoms with Crippen LogP contribution in [0.5, 0.6) is 0 Å². The molecule has 0 aromatic carbocycles. The van der Waals surface area contributed by atoms with E-state index in [1.807, 2.05) is 23.9 Å². The highest BCUT2D eigenvalue weighted by atomic mass is 32.2. The van der Waals surface area contributed by atoms with E-state index in [-0.39, 0.29) is 0 Å². The Morgan fingerprint density at radius 2 is 2.29 bits per heavy atom. The molecule has 1 aromatic rings. The summed E-state index contributed by atoms with van der Waals surface area (Å²) < 4.78 is 5.46. The van der Waals surface area contributed by atoms with Gasteiger partial charge in [0.05, 0.1) is 6.26 Å². The number of hydrogen-bond donors (Lipinski definition) is 0. The second-order valence-electron chi connectivity index (χ2n) is 5.73. The highest BCUT2D eigenvalue weighted by molar-refractivity contribution is 7.99. The van der Waals surface area contributed by atoms with Crippen molar-refractivity contribution in [2.45, 2.75) is 38.4 Å². The van der Waals surface area contributed by atoms with Crippen LogP contribution in [-0.2, 0) is 4.79 Å². The van der Waals surface area contributed by atoms with Crippen LogP contribution in [0.1, 0.15) is 38.9 Å². The van der Waals surface area contributed by atoms with E-state index in [4.69, 9.17) is 4.42 Å². The second kappa shape index (κ2) is 8.44. The molecule has 116 valence electrons. The van der Waals surface area contributed by atoms with Gasteiger partial charge in [0.25, 0.3) is 0 Å². The van der Waals surface area contributed by atoms with Gasteiger partial charge < -0.3 is 4.42 Å². The molecule has 0 N–H and O–H groups in total. The number of Topliss-reactive ketones (excluding diaryl/α,β-unsaturated/α-hetero) is 1. The van der Waals surface area contributed by atoms with Crippen molar-refractivity contribution in [3.8, 4) is 0 Å². The summed E-state index contributed by atoms with van der Waals surface area (Å²) >= 11 is 1.86. The van der Waals surface area contributed by atoms with Gasteiger partial charge in [0.2, 0.25) is 0 Å². The van der Waals surface area contributed by atoms with Crippen molar-refractivity contribution >= 4 is 23.1 Å². The molecule has 0 radical (unpaired) electrons. The van der Waals surface area contributed by atoms with E-state index < -0.39 is 0 Å². The topological polar surface area (TPSA) is 33.5 Å². The number of carbonyl (C=O) groups excluding carboxylic acids is 1. The van der Waals surface area contributed by atoms with Crippen LogP contribution < -0.4 is 0 Å². The molecule has 0 spiro atoms. The van der Waals surface area contributed by atoms with E-state index in [0.717, 1.165) is 37.6 Å². The number of ketones is 1. The van der Waals surface area contributed by atoms with Gasteiger partial charge in [-0.05, 0) is 23.8 Å². The smallest absolute Gasteiger partial charge is 0.135 e. The zero-order valence-corrected chi connectivity index (χ0v) is 13.8. The molecule has 0 aliphatic carbocycles. The lowest BCUT2D eigenvalue weighted by molar-refractivity contribution is -0.118. The molecule has 3 nitrogen and oxygen atoms in total. The minimum Gasteiger partial charge on any atom is -0.465 e. The quantitative estimate of drug-likeness (QED) is 0.730. The van der Waals surface area contributed by atoms with Crippen LogP contribution >= 0.6 is 11.8 Å².